The minimum Gasteiger partial charge on any atom is -0.381 e. The third kappa shape index (κ3) is 2.38. The van der Waals surface area contributed by atoms with E-state index < -0.39 is 0 Å². The van der Waals surface area contributed by atoms with E-state index in [2.05, 4.69) is 11.9 Å². The highest BCUT2D eigenvalue weighted by atomic mass is 32.1. The predicted molar refractivity (Wildman–Crippen MR) is 62.1 cm³/mol. The van der Waals surface area contributed by atoms with Crippen molar-refractivity contribution in [3.63, 3.8) is 0 Å². The van der Waals surface area contributed by atoms with Crippen LogP contribution in [0.15, 0.2) is 0 Å². The average molecular weight is 226 g/mol. The van der Waals surface area contributed by atoms with Gasteiger partial charge in [-0.3, -0.25) is 0 Å². The summed E-state index contributed by atoms with van der Waals surface area (Å²) in [5, 5.41) is 1.09. The van der Waals surface area contributed by atoms with Gasteiger partial charge in [-0.15, -0.1) is 11.3 Å². The van der Waals surface area contributed by atoms with Crippen LogP contribution in [0.25, 0.3) is 0 Å². The fourth-order valence-corrected chi connectivity index (χ4v) is 2.93. The zero-order chi connectivity index (χ0) is 10.8. The molecule has 2 heterocycles. The zero-order valence-electron chi connectivity index (χ0n) is 9.32. The van der Waals surface area contributed by atoms with Crippen molar-refractivity contribution in [1.29, 1.82) is 0 Å². The van der Waals surface area contributed by atoms with E-state index >= 15 is 0 Å². The van der Waals surface area contributed by atoms with Crippen molar-refractivity contribution in [2.75, 3.05) is 13.2 Å². The first-order valence-corrected chi connectivity index (χ1v) is 6.27. The van der Waals surface area contributed by atoms with Crippen LogP contribution in [-0.4, -0.2) is 18.2 Å². The molecule has 4 heteroatoms. The molecule has 0 radical (unpaired) electrons. The maximum Gasteiger partial charge on any atom is 0.110 e. The van der Waals surface area contributed by atoms with Gasteiger partial charge >= 0.3 is 0 Å². The molecule has 2 rings (SSSR count). The number of rotatable bonds is 2. The molecular formula is C11H18N2OS. The quantitative estimate of drug-likeness (QED) is 0.841. The predicted octanol–water partition coefficient (Wildman–Crippen LogP) is 2.19. The summed E-state index contributed by atoms with van der Waals surface area (Å²) in [6.07, 6.45) is 2.14. The number of nitrogens with zero attached hydrogens (tertiary/aromatic N) is 1. The average Bonchev–Trinajstić information content (AvgIpc) is 2.59. The summed E-state index contributed by atoms with van der Waals surface area (Å²) in [5.74, 6) is 0.545. The zero-order valence-corrected chi connectivity index (χ0v) is 10.1. The summed E-state index contributed by atoms with van der Waals surface area (Å²) in [6, 6.07) is 0.103. The van der Waals surface area contributed by atoms with Crippen molar-refractivity contribution in [2.24, 2.45) is 11.7 Å². The molecule has 0 aromatic carbocycles. The molecule has 0 amide bonds. The molecule has 1 unspecified atom stereocenters. The Hall–Kier alpha value is -0.450. The summed E-state index contributed by atoms with van der Waals surface area (Å²) in [5.41, 5.74) is 7.37. The van der Waals surface area contributed by atoms with E-state index in [0.717, 1.165) is 36.8 Å². The van der Waals surface area contributed by atoms with Gasteiger partial charge in [-0.05, 0) is 32.6 Å². The van der Waals surface area contributed by atoms with Gasteiger partial charge in [0.15, 0.2) is 0 Å². The fourth-order valence-electron chi connectivity index (χ4n) is 1.92. The highest BCUT2D eigenvalue weighted by molar-refractivity contribution is 7.11. The monoisotopic (exact) mass is 226 g/mol. The molecule has 1 atom stereocenters. The van der Waals surface area contributed by atoms with E-state index in [-0.39, 0.29) is 6.04 Å². The van der Waals surface area contributed by atoms with Crippen molar-refractivity contribution in [2.45, 2.75) is 32.7 Å². The van der Waals surface area contributed by atoms with E-state index in [4.69, 9.17) is 10.5 Å². The van der Waals surface area contributed by atoms with Gasteiger partial charge in [0.1, 0.15) is 5.01 Å². The molecule has 15 heavy (non-hydrogen) atoms. The first-order valence-electron chi connectivity index (χ1n) is 5.45. The smallest absolute Gasteiger partial charge is 0.110 e. The topological polar surface area (TPSA) is 48.1 Å². The van der Waals surface area contributed by atoms with E-state index in [9.17, 15) is 0 Å². The van der Waals surface area contributed by atoms with Crippen LogP contribution in [0.1, 0.15) is 34.5 Å². The summed E-state index contributed by atoms with van der Waals surface area (Å²) in [7, 11) is 0. The van der Waals surface area contributed by atoms with Crippen LogP contribution in [0.3, 0.4) is 0 Å². The van der Waals surface area contributed by atoms with Crippen molar-refractivity contribution < 1.29 is 4.74 Å². The number of nitrogens with two attached hydrogens (primary N) is 1. The summed E-state index contributed by atoms with van der Waals surface area (Å²) >= 11 is 1.74. The van der Waals surface area contributed by atoms with Gasteiger partial charge in [0.05, 0.1) is 11.7 Å². The van der Waals surface area contributed by atoms with Gasteiger partial charge in [0, 0.05) is 18.1 Å². The van der Waals surface area contributed by atoms with Crippen LogP contribution in [-0.2, 0) is 4.74 Å². The van der Waals surface area contributed by atoms with Crippen LogP contribution in [0, 0.1) is 19.8 Å². The Morgan fingerprint density at radius 2 is 2.07 bits per heavy atom. The maximum atomic E-state index is 6.24. The summed E-state index contributed by atoms with van der Waals surface area (Å²) < 4.78 is 5.34. The van der Waals surface area contributed by atoms with Crippen molar-refractivity contribution >= 4 is 11.3 Å². The second kappa shape index (κ2) is 4.60. The van der Waals surface area contributed by atoms with Gasteiger partial charge < -0.3 is 10.5 Å². The molecule has 0 aliphatic carbocycles. The molecule has 0 bridgehead atoms. The number of ether oxygens (including phenoxy) is 1. The highest BCUT2D eigenvalue weighted by Crippen LogP contribution is 2.31. The van der Waals surface area contributed by atoms with Crippen LogP contribution >= 0.6 is 11.3 Å². The van der Waals surface area contributed by atoms with Gasteiger partial charge in [-0.2, -0.15) is 0 Å². The molecule has 1 aliphatic heterocycles. The molecule has 1 saturated heterocycles. The Morgan fingerprint density at radius 1 is 1.40 bits per heavy atom. The standard InChI is InChI=1S/C11H18N2OS/c1-7-8(2)15-11(13-7)10(12)9-3-5-14-6-4-9/h9-10H,3-6,12H2,1-2H3. The van der Waals surface area contributed by atoms with Crippen molar-refractivity contribution in [3.8, 4) is 0 Å². The number of aromatic nitrogens is 1. The SMILES string of the molecule is Cc1nc(C(N)C2CCOCC2)sc1C. The van der Waals surface area contributed by atoms with Crippen LogP contribution in [0.5, 0.6) is 0 Å². The Kier molecular flexibility index (Phi) is 3.38. The van der Waals surface area contributed by atoms with E-state index in [0.29, 0.717) is 5.92 Å². The molecule has 3 nitrogen and oxygen atoms in total. The Morgan fingerprint density at radius 3 is 2.60 bits per heavy atom. The Balaban J connectivity index is 2.08. The lowest BCUT2D eigenvalue weighted by molar-refractivity contribution is 0.0583. The summed E-state index contributed by atoms with van der Waals surface area (Å²) in [6.45, 7) is 5.85. The lowest BCUT2D eigenvalue weighted by Gasteiger charge is -2.26. The molecule has 1 aromatic heterocycles. The van der Waals surface area contributed by atoms with E-state index in [1.165, 1.54) is 4.88 Å². The first-order chi connectivity index (χ1) is 7.18. The minimum absolute atomic E-state index is 0.103. The molecule has 0 spiro atoms. The molecule has 84 valence electrons. The Bertz CT molecular complexity index is 312. The van der Waals surface area contributed by atoms with Gasteiger partial charge in [0.25, 0.3) is 0 Å². The number of thiazole rings is 1. The Labute approximate surface area is 94.7 Å². The van der Waals surface area contributed by atoms with Crippen LogP contribution in [0.2, 0.25) is 0 Å². The molecule has 1 aromatic rings. The second-order valence-corrected chi connectivity index (χ2v) is 5.40. The third-order valence-electron chi connectivity index (χ3n) is 3.10. The fraction of sp³-hybridized carbons (Fsp3) is 0.727. The second-order valence-electron chi connectivity index (χ2n) is 4.17. The van der Waals surface area contributed by atoms with Gasteiger partial charge in [-0.25, -0.2) is 4.98 Å². The number of aryl methyl sites for hydroxylation is 2. The van der Waals surface area contributed by atoms with Crippen molar-refractivity contribution in [3.05, 3.63) is 15.6 Å². The highest BCUT2D eigenvalue weighted by Gasteiger charge is 2.24. The number of hydrogen-bond acceptors (Lipinski definition) is 4. The van der Waals surface area contributed by atoms with Crippen LogP contribution < -0.4 is 5.73 Å². The first kappa shape index (κ1) is 11.0. The van der Waals surface area contributed by atoms with E-state index in [1.54, 1.807) is 11.3 Å². The molecule has 2 N–H and O–H groups in total. The van der Waals surface area contributed by atoms with E-state index in [1.807, 2.05) is 6.92 Å². The maximum absolute atomic E-state index is 6.24. The molecular weight excluding hydrogens is 208 g/mol. The molecule has 1 aliphatic rings. The third-order valence-corrected chi connectivity index (χ3v) is 4.28. The minimum atomic E-state index is 0.103. The van der Waals surface area contributed by atoms with Gasteiger partial charge in [-0.1, -0.05) is 0 Å². The lowest BCUT2D eigenvalue weighted by atomic mass is 9.93. The molecule has 0 saturated carbocycles. The lowest BCUT2D eigenvalue weighted by Crippen LogP contribution is -2.27. The number of hydrogen-bond donors (Lipinski definition) is 1. The van der Waals surface area contributed by atoms with Crippen LogP contribution in [0.4, 0.5) is 0 Å². The van der Waals surface area contributed by atoms with Crippen molar-refractivity contribution in [1.82, 2.24) is 4.98 Å². The largest absolute Gasteiger partial charge is 0.381 e. The van der Waals surface area contributed by atoms with Gasteiger partial charge in [0.2, 0.25) is 0 Å². The molecule has 1 fully saturated rings. The summed E-state index contributed by atoms with van der Waals surface area (Å²) in [4.78, 5) is 5.82. The normalized spacial score (nSPS) is 20.5.